The van der Waals surface area contributed by atoms with Crippen molar-refractivity contribution in [3.63, 3.8) is 0 Å². The highest BCUT2D eigenvalue weighted by molar-refractivity contribution is 5.92. The zero-order valence-electron chi connectivity index (χ0n) is 12.4. The maximum atomic E-state index is 11.5. The summed E-state index contributed by atoms with van der Waals surface area (Å²) in [5.74, 6) is -0.630. The summed E-state index contributed by atoms with van der Waals surface area (Å²) in [6.07, 6.45) is 3.32. The standard InChI is InChI=1S/C16H21N3O2/c1-3-4-10-18-15(11-13(12-17)16(20)21-2)19-14-8-6-5-7-9-14/h5-9,11,15,18-19H,3-4,10H2,1-2H3/b13-11-. The van der Waals surface area contributed by atoms with Gasteiger partial charge in [0.05, 0.1) is 13.3 Å². The van der Waals surface area contributed by atoms with Crippen LogP contribution in [0.3, 0.4) is 0 Å². The molecule has 0 aromatic heterocycles. The van der Waals surface area contributed by atoms with Crippen LogP contribution in [0.4, 0.5) is 5.69 Å². The maximum Gasteiger partial charge on any atom is 0.348 e. The molecule has 112 valence electrons. The number of nitriles is 1. The minimum atomic E-state index is -0.630. The smallest absolute Gasteiger partial charge is 0.348 e. The van der Waals surface area contributed by atoms with Gasteiger partial charge in [0.2, 0.25) is 0 Å². The lowest BCUT2D eigenvalue weighted by Gasteiger charge is -2.18. The molecule has 1 aromatic carbocycles. The van der Waals surface area contributed by atoms with E-state index in [9.17, 15) is 4.79 Å². The molecule has 1 rings (SSSR count). The van der Waals surface area contributed by atoms with E-state index in [1.165, 1.54) is 7.11 Å². The quantitative estimate of drug-likeness (QED) is 0.252. The van der Waals surface area contributed by atoms with Crippen LogP contribution in [0.5, 0.6) is 0 Å². The molecule has 0 saturated heterocycles. The molecule has 0 bridgehead atoms. The Morgan fingerprint density at radius 1 is 1.43 bits per heavy atom. The number of ether oxygens (including phenoxy) is 1. The molecule has 21 heavy (non-hydrogen) atoms. The summed E-state index contributed by atoms with van der Waals surface area (Å²) < 4.78 is 4.59. The van der Waals surface area contributed by atoms with E-state index in [4.69, 9.17) is 5.26 Å². The number of carbonyl (C=O) groups is 1. The van der Waals surface area contributed by atoms with Gasteiger partial charge in [-0.2, -0.15) is 5.26 Å². The first-order valence-corrected chi connectivity index (χ1v) is 6.96. The Morgan fingerprint density at radius 3 is 2.71 bits per heavy atom. The van der Waals surface area contributed by atoms with Crippen molar-refractivity contribution in [3.8, 4) is 6.07 Å². The van der Waals surface area contributed by atoms with Gasteiger partial charge in [-0.1, -0.05) is 31.5 Å². The Bertz CT molecular complexity index is 506. The third-order valence-corrected chi connectivity index (χ3v) is 2.85. The van der Waals surface area contributed by atoms with Crippen LogP contribution in [0.15, 0.2) is 42.0 Å². The summed E-state index contributed by atoms with van der Waals surface area (Å²) in [7, 11) is 1.26. The topological polar surface area (TPSA) is 74.2 Å². The van der Waals surface area contributed by atoms with E-state index >= 15 is 0 Å². The third kappa shape index (κ3) is 6.11. The average Bonchev–Trinajstić information content (AvgIpc) is 2.52. The van der Waals surface area contributed by atoms with Gasteiger partial charge in [-0.15, -0.1) is 0 Å². The fourth-order valence-corrected chi connectivity index (χ4v) is 1.73. The van der Waals surface area contributed by atoms with Gasteiger partial charge < -0.3 is 10.1 Å². The van der Waals surface area contributed by atoms with Gasteiger partial charge in [0, 0.05) is 5.69 Å². The number of hydrogen-bond acceptors (Lipinski definition) is 5. The molecule has 0 spiro atoms. The van der Waals surface area contributed by atoms with Gasteiger partial charge in [-0.05, 0) is 31.2 Å². The zero-order chi connectivity index (χ0) is 15.5. The molecule has 0 fully saturated rings. The van der Waals surface area contributed by atoms with Crippen LogP contribution in [-0.4, -0.2) is 25.8 Å². The number of hydrogen-bond donors (Lipinski definition) is 2. The van der Waals surface area contributed by atoms with Crippen molar-refractivity contribution in [1.29, 1.82) is 5.26 Å². The fourth-order valence-electron chi connectivity index (χ4n) is 1.73. The summed E-state index contributed by atoms with van der Waals surface area (Å²) in [4.78, 5) is 11.5. The molecule has 1 unspecified atom stereocenters. The Hall–Kier alpha value is -2.32. The SMILES string of the molecule is CCCCNC(/C=C(/C#N)C(=O)OC)Nc1ccccc1. The molecule has 1 aromatic rings. The molecule has 0 radical (unpaired) electrons. The first-order valence-electron chi connectivity index (χ1n) is 6.96. The highest BCUT2D eigenvalue weighted by Crippen LogP contribution is 2.08. The molecule has 0 amide bonds. The van der Waals surface area contributed by atoms with Crippen LogP contribution in [0.2, 0.25) is 0 Å². The molecular formula is C16H21N3O2. The van der Waals surface area contributed by atoms with Gasteiger partial charge >= 0.3 is 5.97 Å². The summed E-state index contributed by atoms with van der Waals surface area (Å²) in [6, 6.07) is 11.5. The number of rotatable bonds is 8. The maximum absolute atomic E-state index is 11.5. The lowest BCUT2D eigenvalue weighted by molar-refractivity contribution is -0.135. The second-order valence-corrected chi connectivity index (χ2v) is 4.48. The van der Waals surface area contributed by atoms with Crippen molar-refractivity contribution in [2.75, 3.05) is 19.0 Å². The molecule has 0 aliphatic carbocycles. The summed E-state index contributed by atoms with van der Waals surface area (Å²) in [5.41, 5.74) is 0.889. The van der Waals surface area contributed by atoms with Crippen LogP contribution in [0.1, 0.15) is 19.8 Å². The highest BCUT2D eigenvalue weighted by atomic mass is 16.5. The van der Waals surface area contributed by atoms with E-state index < -0.39 is 5.97 Å². The number of methoxy groups -OCH3 is 1. The summed E-state index contributed by atoms with van der Waals surface area (Å²) >= 11 is 0. The van der Waals surface area contributed by atoms with Gasteiger partial charge in [0.1, 0.15) is 11.6 Å². The zero-order valence-corrected chi connectivity index (χ0v) is 12.4. The van der Waals surface area contributed by atoms with Crippen molar-refractivity contribution >= 4 is 11.7 Å². The third-order valence-electron chi connectivity index (χ3n) is 2.85. The largest absolute Gasteiger partial charge is 0.465 e. The van der Waals surface area contributed by atoms with Crippen molar-refractivity contribution < 1.29 is 9.53 Å². The molecule has 0 heterocycles. The van der Waals surface area contributed by atoms with Gasteiger partial charge in [0.25, 0.3) is 0 Å². The van der Waals surface area contributed by atoms with Crippen LogP contribution < -0.4 is 10.6 Å². The molecule has 0 saturated carbocycles. The van der Waals surface area contributed by atoms with Crippen molar-refractivity contribution in [1.82, 2.24) is 5.32 Å². The minimum absolute atomic E-state index is 0.0186. The van der Waals surface area contributed by atoms with Crippen molar-refractivity contribution in [2.45, 2.75) is 25.9 Å². The summed E-state index contributed by atoms with van der Waals surface area (Å²) in [5, 5.41) is 15.5. The number of benzene rings is 1. The Kier molecular flexibility index (Phi) is 7.62. The lowest BCUT2D eigenvalue weighted by atomic mass is 10.2. The van der Waals surface area contributed by atoms with Crippen LogP contribution in [-0.2, 0) is 9.53 Å². The number of unbranched alkanes of at least 4 members (excludes halogenated alkanes) is 1. The van der Waals surface area contributed by atoms with Crippen LogP contribution in [0.25, 0.3) is 0 Å². The number of carbonyl (C=O) groups excluding carboxylic acids is 1. The summed E-state index contributed by atoms with van der Waals surface area (Å²) in [6.45, 7) is 2.89. The molecule has 1 atom stereocenters. The molecule has 2 N–H and O–H groups in total. The number of esters is 1. The van der Waals surface area contributed by atoms with Crippen molar-refractivity contribution in [3.05, 3.63) is 42.0 Å². The molecule has 0 aliphatic rings. The number of anilines is 1. The first-order chi connectivity index (χ1) is 10.2. The van der Waals surface area contributed by atoms with E-state index in [2.05, 4.69) is 22.3 Å². The number of para-hydroxylation sites is 1. The lowest BCUT2D eigenvalue weighted by Crippen LogP contribution is -2.36. The van der Waals surface area contributed by atoms with Crippen molar-refractivity contribution in [2.24, 2.45) is 0 Å². The molecule has 0 aliphatic heterocycles. The van der Waals surface area contributed by atoms with E-state index in [0.29, 0.717) is 0 Å². The predicted molar refractivity (Wildman–Crippen MR) is 82.5 cm³/mol. The normalized spacial score (nSPS) is 12.3. The van der Waals surface area contributed by atoms with Crippen LogP contribution >= 0.6 is 0 Å². The van der Waals surface area contributed by atoms with E-state index in [-0.39, 0.29) is 11.7 Å². The van der Waals surface area contributed by atoms with E-state index in [0.717, 1.165) is 25.1 Å². The fraction of sp³-hybridized carbons (Fsp3) is 0.375. The van der Waals surface area contributed by atoms with E-state index in [1.807, 2.05) is 36.4 Å². The van der Waals surface area contributed by atoms with Gasteiger partial charge in [-0.3, -0.25) is 5.32 Å². The minimum Gasteiger partial charge on any atom is -0.465 e. The van der Waals surface area contributed by atoms with Crippen LogP contribution in [0, 0.1) is 11.3 Å². The molecular weight excluding hydrogens is 266 g/mol. The second-order valence-electron chi connectivity index (χ2n) is 4.48. The first kappa shape index (κ1) is 16.7. The second kappa shape index (κ2) is 9.56. The average molecular weight is 287 g/mol. The Labute approximate surface area is 125 Å². The molecule has 5 nitrogen and oxygen atoms in total. The van der Waals surface area contributed by atoms with Gasteiger partial charge in [-0.25, -0.2) is 4.79 Å². The highest BCUT2D eigenvalue weighted by Gasteiger charge is 2.13. The predicted octanol–water partition coefficient (Wildman–Crippen LogP) is 2.44. The number of nitrogens with zero attached hydrogens (tertiary/aromatic N) is 1. The monoisotopic (exact) mass is 287 g/mol. The number of nitrogens with one attached hydrogen (secondary N) is 2. The van der Waals surface area contributed by atoms with E-state index in [1.54, 1.807) is 6.08 Å². The molecule has 5 heteroatoms. The van der Waals surface area contributed by atoms with Gasteiger partial charge in [0.15, 0.2) is 0 Å². The Morgan fingerprint density at radius 2 is 2.14 bits per heavy atom. The Balaban J connectivity index is 2.83.